The van der Waals surface area contributed by atoms with E-state index in [2.05, 4.69) is 26.4 Å². The second-order valence-electron chi connectivity index (χ2n) is 5.96. The number of fused-ring (bicyclic) bond motifs is 2. The fourth-order valence-electron chi connectivity index (χ4n) is 3.04. The molecule has 0 atom stereocenters. The van der Waals surface area contributed by atoms with E-state index < -0.39 is 0 Å². The molecule has 3 aromatic rings. The van der Waals surface area contributed by atoms with Crippen LogP contribution in [0.3, 0.4) is 0 Å². The molecule has 4 rings (SSSR count). The average molecular weight is 323 g/mol. The number of hydrogen-bond acceptors (Lipinski definition) is 4. The number of pyridine rings is 2. The number of carbonyl (C=O) groups excluding carboxylic acids is 1. The molecule has 0 spiro atoms. The summed E-state index contributed by atoms with van der Waals surface area (Å²) in [5.41, 5.74) is 2.60. The molecule has 7 heteroatoms. The molecular weight excluding hydrogens is 306 g/mol. The van der Waals surface area contributed by atoms with Gasteiger partial charge in [0.25, 0.3) is 11.5 Å². The third-order valence-electron chi connectivity index (χ3n) is 4.27. The first-order valence-electron chi connectivity index (χ1n) is 8.02. The summed E-state index contributed by atoms with van der Waals surface area (Å²) in [7, 11) is 0. The fraction of sp³-hybridized carbons (Fsp3) is 0.294. The molecule has 0 saturated heterocycles. The highest BCUT2D eigenvalue weighted by molar-refractivity contribution is 5.97. The number of aromatic nitrogens is 4. The lowest BCUT2D eigenvalue weighted by atomic mass is 10.1. The molecule has 0 aromatic carbocycles. The van der Waals surface area contributed by atoms with Gasteiger partial charge < -0.3 is 10.3 Å². The molecule has 1 aliphatic rings. The molecule has 24 heavy (non-hydrogen) atoms. The molecule has 3 aromatic heterocycles. The van der Waals surface area contributed by atoms with E-state index in [0.29, 0.717) is 23.0 Å². The second-order valence-corrected chi connectivity index (χ2v) is 5.96. The first kappa shape index (κ1) is 14.6. The van der Waals surface area contributed by atoms with E-state index in [1.807, 2.05) is 4.68 Å². The zero-order valence-corrected chi connectivity index (χ0v) is 13.1. The largest absolute Gasteiger partial charge is 0.346 e. The van der Waals surface area contributed by atoms with Crippen LogP contribution in [0.15, 0.2) is 35.4 Å². The SMILES string of the molecule is O=C(NCc1cc2n(n1)CCCC2)c1cnc2c(=O)[nH]ccc2c1. The first-order valence-corrected chi connectivity index (χ1v) is 8.02. The number of hydrogen-bond donors (Lipinski definition) is 2. The summed E-state index contributed by atoms with van der Waals surface area (Å²) >= 11 is 0. The maximum atomic E-state index is 12.3. The molecule has 1 amide bonds. The molecule has 0 radical (unpaired) electrons. The number of nitrogens with one attached hydrogen (secondary N) is 2. The van der Waals surface area contributed by atoms with Crippen molar-refractivity contribution in [3.63, 3.8) is 0 Å². The number of amides is 1. The molecule has 0 saturated carbocycles. The molecule has 0 fully saturated rings. The highest BCUT2D eigenvalue weighted by atomic mass is 16.1. The Hall–Kier alpha value is -2.96. The third kappa shape index (κ3) is 2.68. The van der Waals surface area contributed by atoms with Gasteiger partial charge in [0.05, 0.1) is 17.8 Å². The van der Waals surface area contributed by atoms with E-state index in [1.165, 1.54) is 18.3 Å². The van der Waals surface area contributed by atoms with Crippen molar-refractivity contribution in [3.8, 4) is 0 Å². The van der Waals surface area contributed by atoms with Gasteiger partial charge in [0.15, 0.2) is 0 Å². The molecule has 0 aliphatic carbocycles. The highest BCUT2D eigenvalue weighted by Gasteiger charge is 2.13. The van der Waals surface area contributed by atoms with Crippen molar-refractivity contribution in [2.24, 2.45) is 0 Å². The van der Waals surface area contributed by atoms with Gasteiger partial charge >= 0.3 is 0 Å². The lowest BCUT2D eigenvalue weighted by Crippen LogP contribution is -2.23. The summed E-state index contributed by atoms with van der Waals surface area (Å²) in [4.78, 5) is 30.6. The topological polar surface area (TPSA) is 92.7 Å². The Bertz CT molecular complexity index is 949. The molecule has 0 bridgehead atoms. The Kier molecular flexibility index (Phi) is 3.60. The summed E-state index contributed by atoms with van der Waals surface area (Å²) in [5, 5.41) is 8.02. The van der Waals surface area contributed by atoms with Crippen molar-refractivity contribution >= 4 is 16.8 Å². The van der Waals surface area contributed by atoms with Gasteiger partial charge in [0, 0.05) is 30.0 Å². The van der Waals surface area contributed by atoms with Crippen LogP contribution >= 0.6 is 0 Å². The monoisotopic (exact) mass is 323 g/mol. The highest BCUT2D eigenvalue weighted by Crippen LogP contribution is 2.15. The van der Waals surface area contributed by atoms with Crippen LogP contribution in [0.5, 0.6) is 0 Å². The van der Waals surface area contributed by atoms with Crippen molar-refractivity contribution < 1.29 is 4.79 Å². The molecule has 0 unspecified atom stereocenters. The first-order chi connectivity index (χ1) is 11.7. The molecule has 2 N–H and O–H groups in total. The van der Waals surface area contributed by atoms with E-state index in [0.717, 1.165) is 25.1 Å². The van der Waals surface area contributed by atoms with Crippen LogP contribution in [0.1, 0.15) is 34.6 Å². The van der Waals surface area contributed by atoms with Crippen LogP contribution in [0, 0.1) is 0 Å². The van der Waals surface area contributed by atoms with E-state index in [9.17, 15) is 9.59 Å². The minimum atomic E-state index is -0.261. The van der Waals surface area contributed by atoms with Gasteiger partial charge in [0.1, 0.15) is 5.52 Å². The summed E-state index contributed by atoms with van der Waals surface area (Å²) in [5.74, 6) is -0.226. The van der Waals surface area contributed by atoms with Gasteiger partial charge in [0.2, 0.25) is 0 Å². The van der Waals surface area contributed by atoms with E-state index in [4.69, 9.17) is 0 Å². The Morgan fingerprint density at radius 2 is 2.25 bits per heavy atom. The standard InChI is InChI=1S/C17H17N5O2/c23-16(12-7-11-4-5-18-17(24)15(11)19-9-12)20-10-13-8-14-3-1-2-6-22(14)21-13/h4-5,7-9H,1-3,6,10H2,(H,18,24)(H,20,23). The number of nitrogens with zero attached hydrogens (tertiary/aromatic N) is 3. The predicted octanol–water partition coefficient (Wildman–Crippen LogP) is 1.39. The Balaban J connectivity index is 1.50. The minimum Gasteiger partial charge on any atom is -0.346 e. The number of rotatable bonds is 3. The van der Waals surface area contributed by atoms with E-state index >= 15 is 0 Å². The predicted molar refractivity (Wildman–Crippen MR) is 88.7 cm³/mol. The third-order valence-corrected chi connectivity index (χ3v) is 4.27. The van der Waals surface area contributed by atoms with Gasteiger partial charge in [-0.2, -0.15) is 5.10 Å². The zero-order chi connectivity index (χ0) is 16.5. The average Bonchev–Trinajstić information content (AvgIpc) is 3.02. The van der Waals surface area contributed by atoms with Gasteiger partial charge in [-0.3, -0.25) is 14.3 Å². The molecule has 4 heterocycles. The maximum absolute atomic E-state index is 12.3. The Morgan fingerprint density at radius 3 is 3.12 bits per heavy atom. The summed E-state index contributed by atoms with van der Waals surface area (Å²) in [6.07, 6.45) is 6.36. The summed E-state index contributed by atoms with van der Waals surface area (Å²) in [6, 6.07) is 5.45. The number of aryl methyl sites for hydroxylation is 2. The van der Waals surface area contributed by atoms with Gasteiger partial charge in [-0.15, -0.1) is 0 Å². The van der Waals surface area contributed by atoms with Crippen molar-refractivity contribution in [3.05, 3.63) is 57.9 Å². The Labute approximate surface area is 137 Å². The fourth-order valence-corrected chi connectivity index (χ4v) is 3.04. The summed E-state index contributed by atoms with van der Waals surface area (Å²) in [6.45, 7) is 1.33. The van der Waals surface area contributed by atoms with Crippen molar-refractivity contribution in [1.29, 1.82) is 0 Å². The summed E-state index contributed by atoms with van der Waals surface area (Å²) < 4.78 is 2.02. The van der Waals surface area contributed by atoms with Gasteiger partial charge in [-0.05, 0) is 37.5 Å². The Morgan fingerprint density at radius 1 is 1.33 bits per heavy atom. The van der Waals surface area contributed by atoms with Gasteiger partial charge in [-0.25, -0.2) is 4.98 Å². The van der Waals surface area contributed by atoms with Crippen LogP contribution in [-0.2, 0) is 19.5 Å². The lowest BCUT2D eigenvalue weighted by Gasteiger charge is -2.11. The normalized spacial score (nSPS) is 13.7. The number of aromatic amines is 1. The molecule has 122 valence electrons. The van der Waals surface area contributed by atoms with Crippen molar-refractivity contribution in [2.45, 2.75) is 32.4 Å². The molecular formula is C17H17N5O2. The lowest BCUT2D eigenvalue weighted by molar-refractivity contribution is 0.0950. The smallest absolute Gasteiger partial charge is 0.274 e. The van der Waals surface area contributed by atoms with Crippen LogP contribution in [-0.4, -0.2) is 25.7 Å². The number of H-pyrrole nitrogens is 1. The van der Waals surface area contributed by atoms with Gasteiger partial charge in [-0.1, -0.05) is 0 Å². The van der Waals surface area contributed by atoms with Crippen molar-refractivity contribution in [1.82, 2.24) is 25.1 Å². The van der Waals surface area contributed by atoms with Crippen LogP contribution < -0.4 is 10.9 Å². The van der Waals surface area contributed by atoms with Crippen LogP contribution in [0.25, 0.3) is 10.9 Å². The quantitative estimate of drug-likeness (QED) is 0.762. The zero-order valence-electron chi connectivity index (χ0n) is 13.1. The maximum Gasteiger partial charge on any atom is 0.274 e. The van der Waals surface area contributed by atoms with E-state index in [-0.39, 0.29) is 11.5 Å². The minimum absolute atomic E-state index is 0.226. The second kappa shape index (κ2) is 5.92. The van der Waals surface area contributed by atoms with E-state index in [1.54, 1.807) is 18.3 Å². The molecule has 7 nitrogen and oxygen atoms in total. The van der Waals surface area contributed by atoms with Crippen LogP contribution in [0.4, 0.5) is 0 Å². The molecule has 1 aliphatic heterocycles. The number of carbonyl (C=O) groups is 1. The van der Waals surface area contributed by atoms with Crippen LogP contribution in [0.2, 0.25) is 0 Å². The van der Waals surface area contributed by atoms with Crippen molar-refractivity contribution in [2.75, 3.05) is 0 Å².